The number of rotatable bonds is 7. The summed E-state index contributed by atoms with van der Waals surface area (Å²) < 4.78 is 5.76. The number of carbonyl (C=O) groups excluding carboxylic acids is 1. The third-order valence-electron chi connectivity index (χ3n) is 4.59. The summed E-state index contributed by atoms with van der Waals surface area (Å²) in [7, 11) is 1.85. The molecule has 0 heterocycles. The summed E-state index contributed by atoms with van der Waals surface area (Å²) in [5, 5.41) is 9.70. The second-order valence-corrected chi connectivity index (χ2v) is 6.48. The van der Waals surface area contributed by atoms with E-state index in [0.717, 1.165) is 37.9 Å². The molecule has 4 heteroatoms. The van der Waals surface area contributed by atoms with Gasteiger partial charge in [0.25, 0.3) is 0 Å². The average molecular weight is 319 g/mol. The molecule has 0 unspecified atom stereocenters. The highest BCUT2D eigenvalue weighted by atomic mass is 16.5. The molecule has 128 valence electrons. The van der Waals surface area contributed by atoms with Gasteiger partial charge in [-0.05, 0) is 49.8 Å². The van der Waals surface area contributed by atoms with Crippen LogP contribution in [0.4, 0.5) is 0 Å². The van der Waals surface area contributed by atoms with Crippen LogP contribution in [0, 0.1) is 5.92 Å². The molecule has 2 rings (SSSR count). The van der Waals surface area contributed by atoms with Crippen molar-refractivity contribution in [3.05, 3.63) is 29.8 Å². The molecule has 0 radical (unpaired) electrons. The van der Waals surface area contributed by atoms with Gasteiger partial charge >= 0.3 is 0 Å². The predicted molar refractivity (Wildman–Crippen MR) is 91.5 cm³/mol. The molecule has 4 nitrogen and oxygen atoms in total. The summed E-state index contributed by atoms with van der Waals surface area (Å²) >= 11 is 0. The van der Waals surface area contributed by atoms with E-state index >= 15 is 0 Å². The van der Waals surface area contributed by atoms with Crippen molar-refractivity contribution in [3.63, 3.8) is 0 Å². The van der Waals surface area contributed by atoms with Crippen molar-refractivity contribution in [3.8, 4) is 5.75 Å². The first-order valence-corrected chi connectivity index (χ1v) is 8.75. The topological polar surface area (TPSA) is 49.8 Å². The molecule has 0 bridgehead atoms. The van der Waals surface area contributed by atoms with Gasteiger partial charge in [-0.3, -0.25) is 4.79 Å². The number of ether oxygens (including phenoxy) is 1. The lowest BCUT2D eigenvalue weighted by molar-refractivity contribution is -0.136. The zero-order chi connectivity index (χ0) is 16.7. The lowest BCUT2D eigenvalue weighted by Gasteiger charge is -2.28. The Bertz CT molecular complexity index is 503. The van der Waals surface area contributed by atoms with Gasteiger partial charge in [0.1, 0.15) is 5.75 Å². The van der Waals surface area contributed by atoms with E-state index in [2.05, 4.69) is 19.1 Å². The minimum atomic E-state index is -0.305. The molecule has 1 aromatic rings. The van der Waals surface area contributed by atoms with Crippen molar-refractivity contribution in [2.24, 2.45) is 5.92 Å². The Morgan fingerprint density at radius 3 is 2.96 bits per heavy atom. The number of aliphatic hydroxyl groups is 1. The van der Waals surface area contributed by atoms with Gasteiger partial charge in [0, 0.05) is 19.5 Å². The maximum absolute atomic E-state index is 12.4. The van der Waals surface area contributed by atoms with Crippen LogP contribution in [0.1, 0.15) is 44.6 Å². The Morgan fingerprint density at radius 2 is 2.22 bits per heavy atom. The van der Waals surface area contributed by atoms with Gasteiger partial charge in [-0.15, -0.1) is 0 Å². The summed E-state index contributed by atoms with van der Waals surface area (Å²) in [6, 6.07) is 8.14. The molecule has 1 fully saturated rings. The quantitative estimate of drug-likeness (QED) is 0.786. The van der Waals surface area contributed by atoms with Crippen LogP contribution in [-0.4, -0.2) is 42.2 Å². The Labute approximate surface area is 139 Å². The van der Waals surface area contributed by atoms with Crippen molar-refractivity contribution >= 4 is 5.91 Å². The molecule has 0 spiro atoms. The van der Waals surface area contributed by atoms with E-state index in [1.54, 1.807) is 4.90 Å². The lowest BCUT2D eigenvalue weighted by Crippen LogP contribution is -2.37. The number of aryl methyl sites for hydroxylation is 1. The number of aliphatic hydroxyl groups excluding tert-OH is 1. The highest BCUT2D eigenvalue weighted by molar-refractivity contribution is 5.78. The van der Waals surface area contributed by atoms with Gasteiger partial charge in [-0.25, -0.2) is 0 Å². The van der Waals surface area contributed by atoms with E-state index in [1.807, 2.05) is 19.2 Å². The maximum Gasteiger partial charge on any atom is 0.225 e. The number of hydrogen-bond acceptors (Lipinski definition) is 3. The fourth-order valence-corrected chi connectivity index (χ4v) is 3.16. The van der Waals surface area contributed by atoms with Crippen molar-refractivity contribution in [1.82, 2.24) is 4.90 Å². The number of benzene rings is 1. The van der Waals surface area contributed by atoms with Crippen LogP contribution in [0.3, 0.4) is 0 Å². The third kappa shape index (κ3) is 5.54. The van der Waals surface area contributed by atoms with Crippen LogP contribution < -0.4 is 4.74 Å². The Balaban J connectivity index is 1.69. The first-order chi connectivity index (χ1) is 11.1. The van der Waals surface area contributed by atoms with Gasteiger partial charge in [-0.2, -0.15) is 0 Å². The van der Waals surface area contributed by atoms with Crippen LogP contribution in [-0.2, 0) is 11.2 Å². The zero-order valence-electron chi connectivity index (χ0n) is 14.3. The third-order valence-corrected chi connectivity index (χ3v) is 4.59. The fourth-order valence-electron chi connectivity index (χ4n) is 3.16. The van der Waals surface area contributed by atoms with E-state index < -0.39 is 0 Å². The predicted octanol–water partition coefficient (Wildman–Crippen LogP) is 3.03. The van der Waals surface area contributed by atoms with Crippen LogP contribution in [0.5, 0.6) is 5.75 Å². The van der Waals surface area contributed by atoms with Crippen LogP contribution in [0.15, 0.2) is 24.3 Å². The molecule has 1 amide bonds. The molecule has 0 aliphatic heterocycles. The van der Waals surface area contributed by atoms with E-state index in [1.165, 1.54) is 5.56 Å². The molecule has 23 heavy (non-hydrogen) atoms. The molecule has 2 atom stereocenters. The largest absolute Gasteiger partial charge is 0.494 e. The highest BCUT2D eigenvalue weighted by Gasteiger charge is 2.27. The molecular formula is C19H29NO3. The second kappa shape index (κ2) is 8.92. The van der Waals surface area contributed by atoms with Gasteiger partial charge < -0.3 is 14.7 Å². The van der Waals surface area contributed by atoms with Crippen molar-refractivity contribution in [2.75, 3.05) is 20.2 Å². The smallest absolute Gasteiger partial charge is 0.225 e. The van der Waals surface area contributed by atoms with E-state index in [-0.39, 0.29) is 17.9 Å². The summed E-state index contributed by atoms with van der Waals surface area (Å²) in [6.45, 7) is 3.43. The highest BCUT2D eigenvalue weighted by Crippen LogP contribution is 2.25. The van der Waals surface area contributed by atoms with Crippen LogP contribution >= 0.6 is 0 Å². The maximum atomic E-state index is 12.4. The van der Waals surface area contributed by atoms with Gasteiger partial charge in [0.15, 0.2) is 0 Å². The number of carbonyl (C=O) groups is 1. The molecular weight excluding hydrogens is 290 g/mol. The second-order valence-electron chi connectivity index (χ2n) is 6.48. The minimum absolute atomic E-state index is 0.00842. The van der Waals surface area contributed by atoms with Gasteiger partial charge in [-0.1, -0.05) is 25.5 Å². The van der Waals surface area contributed by atoms with Crippen molar-refractivity contribution in [2.45, 2.75) is 51.6 Å². The lowest BCUT2D eigenvalue weighted by atomic mass is 9.86. The first kappa shape index (κ1) is 17.8. The summed E-state index contributed by atoms with van der Waals surface area (Å²) in [4.78, 5) is 14.2. The number of hydrogen-bond donors (Lipinski definition) is 1. The zero-order valence-corrected chi connectivity index (χ0v) is 14.3. The van der Waals surface area contributed by atoms with Gasteiger partial charge in [0.2, 0.25) is 5.91 Å². The molecule has 1 N–H and O–H groups in total. The van der Waals surface area contributed by atoms with E-state index in [4.69, 9.17) is 4.74 Å². The molecule has 0 saturated heterocycles. The van der Waals surface area contributed by atoms with Crippen molar-refractivity contribution in [1.29, 1.82) is 0 Å². The average Bonchev–Trinajstić information content (AvgIpc) is 2.58. The monoisotopic (exact) mass is 319 g/mol. The Hall–Kier alpha value is -1.55. The first-order valence-electron chi connectivity index (χ1n) is 8.75. The minimum Gasteiger partial charge on any atom is -0.494 e. The molecule has 1 aromatic carbocycles. The molecule has 0 aromatic heterocycles. The standard InChI is InChI=1S/C19H29NO3/c1-3-15-7-4-10-18(13-15)23-12-6-11-20(2)19(22)16-8-5-9-17(21)14-16/h4,7,10,13,16-17,21H,3,5-6,8-9,11-12,14H2,1-2H3/t16-,17-/m1/s1. The van der Waals surface area contributed by atoms with E-state index in [0.29, 0.717) is 19.6 Å². The van der Waals surface area contributed by atoms with Gasteiger partial charge in [0.05, 0.1) is 12.7 Å². The summed E-state index contributed by atoms with van der Waals surface area (Å²) in [6.07, 6.45) is 4.81. The molecule has 1 aliphatic carbocycles. The SMILES string of the molecule is CCc1cccc(OCCCN(C)C(=O)[C@@H]2CCC[C@@H](O)C2)c1. The number of amides is 1. The Morgan fingerprint density at radius 1 is 1.39 bits per heavy atom. The fraction of sp³-hybridized carbons (Fsp3) is 0.632. The summed E-state index contributed by atoms with van der Waals surface area (Å²) in [5.41, 5.74) is 1.27. The van der Waals surface area contributed by atoms with Crippen molar-refractivity contribution < 1.29 is 14.6 Å². The molecule has 1 aliphatic rings. The van der Waals surface area contributed by atoms with Crippen LogP contribution in [0.25, 0.3) is 0 Å². The normalized spacial score (nSPS) is 21.0. The summed E-state index contributed by atoms with van der Waals surface area (Å²) in [5.74, 6) is 1.05. The Kier molecular flexibility index (Phi) is 6.90. The van der Waals surface area contributed by atoms with E-state index in [9.17, 15) is 9.90 Å². The van der Waals surface area contributed by atoms with Crippen LogP contribution in [0.2, 0.25) is 0 Å². The number of nitrogens with zero attached hydrogens (tertiary/aromatic N) is 1. The molecule has 1 saturated carbocycles.